The van der Waals surface area contributed by atoms with Gasteiger partial charge in [0.15, 0.2) is 11.6 Å². The number of aromatic nitrogens is 1. The number of hydrogen-bond donors (Lipinski definition) is 2. The van der Waals surface area contributed by atoms with E-state index in [-0.39, 0.29) is 11.4 Å². The first-order valence-corrected chi connectivity index (χ1v) is 6.58. The summed E-state index contributed by atoms with van der Waals surface area (Å²) in [7, 11) is 0. The van der Waals surface area contributed by atoms with Crippen LogP contribution in [0.4, 0.5) is 15.9 Å². The third-order valence-corrected chi connectivity index (χ3v) is 3.13. The molecule has 1 heterocycles. The molecular weight excluding hydrogens is 271 g/mol. The van der Waals surface area contributed by atoms with Crippen LogP contribution < -0.4 is 16.2 Å². The maximum Gasteiger partial charge on any atom is 0.261 e. The molecule has 5 nitrogen and oxygen atoms in total. The number of carbonyl (C=O) groups is 1. The van der Waals surface area contributed by atoms with Gasteiger partial charge in [0.1, 0.15) is 0 Å². The Morgan fingerprint density at radius 1 is 1.43 bits per heavy atom. The van der Waals surface area contributed by atoms with E-state index in [1.54, 1.807) is 0 Å². The summed E-state index contributed by atoms with van der Waals surface area (Å²) in [6.07, 6.45) is 1.34. The highest BCUT2D eigenvalue weighted by molar-refractivity contribution is 6.06. The molecule has 0 aliphatic heterocycles. The van der Waals surface area contributed by atoms with Crippen LogP contribution in [0.1, 0.15) is 22.8 Å². The second-order valence-corrected chi connectivity index (χ2v) is 4.55. The van der Waals surface area contributed by atoms with Crippen molar-refractivity contribution in [3.63, 3.8) is 0 Å². The number of hydrogen-bond acceptors (Lipinski definition) is 4. The van der Waals surface area contributed by atoms with Gasteiger partial charge in [-0.2, -0.15) is 0 Å². The molecule has 2 aromatic rings. The molecule has 21 heavy (non-hydrogen) atoms. The lowest BCUT2D eigenvalue weighted by Crippen LogP contribution is -2.31. The molecule has 1 aromatic heterocycles. The quantitative estimate of drug-likeness (QED) is 0.670. The summed E-state index contributed by atoms with van der Waals surface area (Å²) in [5.41, 5.74) is 3.82. The van der Waals surface area contributed by atoms with Crippen molar-refractivity contribution in [1.29, 1.82) is 0 Å². The number of nitrogens with zero attached hydrogens (tertiary/aromatic N) is 2. The number of aryl methyl sites for hydroxylation is 1. The van der Waals surface area contributed by atoms with Crippen LogP contribution >= 0.6 is 0 Å². The van der Waals surface area contributed by atoms with Crippen LogP contribution in [0.2, 0.25) is 0 Å². The normalized spacial score (nSPS) is 10.3. The Balaban J connectivity index is 2.42. The van der Waals surface area contributed by atoms with Gasteiger partial charge in [0, 0.05) is 18.4 Å². The molecule has 0 atom stereocenters. The summed E-state index contributed by atoms with van der Waals surface area (Å²) < 4.78 is 14.2. The zero-order chi connectivity index (χ0) is 15.4. The Hall–Kier alpha value is -2.47. The van der Waals surface area contributed by atoms with Gasteiger partial charge >= 0.3 is 0 Å². The minimum Gasteiger partial charge on any atom is -0.309 e. The van der Waals surface area contributed by atoms with Crippen LogP contribution in [-0.2, 0) is 0 Å². The van der Waals surface area contributed by atoms with Crippen LogP contribution in [-0.4, -0.2) is 17.4 Å². The highest BCUT2D eigenvalue weighted by Crippen LogP contribution is 2.21. The Labute approximate surface area is 122 Å². The van der Waals surface area contributed by atoms with Gasteiger partial charge in [0.05, 0.1) is 5.56 Å². The molecule has 0 bridgehead atoms. The van der Waals surface area contributed by atoms with Crippen LogP contribution in [0, 0.1) is 12.7 Å². The van der Waals surface area contributed by atoms with E-state index in [0.29, 0.717) is 6.54 Å². The first kappa shape index (κ1) is 14.9. The molecule has 0 aliphatic carbocycles. The van der Waals surface area contributed by atoms with E-state index >= 15 is 0 Å². The molecule has 0 fully saturated rings. The molecule has 1 amide bonds. The molecule has 0 spiro atoms. The van der Waals surface area contributed by atoms with E-state index in [1.165, 1.54) is 17.2 Å². The van der Waals surface area contributed by atoms with Gasteiger partial charge in [0.25, 0.3) is 5.91 Å². The Morgan fingerprint density at radius 2 is 2.19 bits per heavy atom. The summed E-state index contributed by atoms with van der Waals surface area (Å²) >= 11 is 0. The number of anilines is 2. The fraction of sp³-hybridized carbons (Fsp3) is 0.200. The standard InChI is InChI=1S/C15H17FN4O/c1-3-20(11-6-4-5-10(2)9-11)15(21)12-7-8-18-14(19-17)13(12)16/h4-9H,3,17H2,1-2H3,(H,18,19). The molecule has 6 heteroatoms. The second-order valence-electron chi connectivity index (χ2n) is 4.55. The Morgan fingerprint density at radius 3 is 2.81 bits per heavy atom. The van der Waals surface area contributed by atoms with Gasteiger partial charge in [-0.15, -0.1) is 0 Å². The van der Waals surface area contributed by atoms with E-state index in [9.17, 15) is 9.18 Å². The number of nitrogens with two attached hydrogens (primary N) is 1. The van der Waals surface area contributed by atoms with E-state index < -0.39 is 11.7 Å². The lowest BCUT2D eigenvalue weighted by Gasteiger charge is -2.22. The molecule has 0 aliphatic rings. The zero-order valence-electron chi connectivity index (χ0n) is 11.9. The Bertz CT molecular complexity index is 660. The monoisotopic (exact) mass is 288 g/mol. The topological polar surface area (TPSA) is 71.2 Å². The van der Waals surface area contributed by atoms with Gasteiger partial charge in [0.2, 0.25) is 0 Å². The average molecular weight is 288 g/mol. The van der Waals surface area contributed by atoms with E-state index in [2.05, 4.69) is 10.4 Å². The number of benzene rings is 1. The van der Waals surface area contributed by atoms with Gasteiger partial charge in [-0.3, -0.25) is 4.79 Å². The smallest absolute Gasteiger partial charge is 0.261 e. The third kappa shape index (κ3) is 3.00. The number of carbonyl (C=O) groups excluding carboxylic acids is 1. The number of rotatable bonds is 4. The van der Waals surface area contributed by atoms with Gasteiger partial charge < -0.3 is 10.3 Å². The minimum absolute atomic E-state index is 0.0682. The van der Waals surface area contributed by atoms with E-state index in [0.717, 1.165) is 11.3 Å². The SMILES string of the molecule is CCN(C(=O)c1ccnc(NN)c1F)c1cccc(C)c1. The fourth-order valence-corrected chi connectivity index (χ4v) is 2.09. The maximum atomic E-state index is 14.2. The van der Waals surface area contributed by atoms with Crippen LogP contribution in [0.5, 0.6) is 0 Å². The molecule has 0 radical (unpaired) electrons. The molecule has 110 valence electrons. The third-order valence-electron chi connectivity index (χ3n) is 3.13. The largest absolute Gasteiger partial charge is 0.309 e. The lowest BCUT2D eigenvalue weighted by atomic mass is 10.1. The first-order chi connectivity index (χ1) is 10.1. The number of amides is 1. The molecular formula is C15H17FN4O. The van der Waals surface area contributed by atoms with Crippen LogP contribution in [0.15, 0.2) is 36.5 Å². The van der Waals surface area contributed by atoms with Crippen molar-refractivity contribution >= 4 is 17.4 Å². The van der Waals surface area contributed by atoms with Gasteiger partial charge in [-0.25, -0.2) is 15.2 Å². The number of pyridine rings is 1. The number of nitrogens with one attached hydrogen (secondary N) is 1. The number of halogens is 1. The molecule has 0 saturated carbocycles. The number of hydrazine groups is 1. The summed E-state index contributed by atoms with van der Waals surface area (Å²) in [5.74, 6) is 3.85. The lowest BCUT2D eigenvalue weighted by molar-refractivity contribution is 0.0984. The van der Waals surface area contributed by atoms with Crippen LogP contribution in [0.25, 0.3) is 0 Å². The highest BCUT2D eigenvalue weighted by atomic mass is 19.1. The van der Waals surface area contributed by atoms with Crippen molar-refractivity contribution in [2.24, 2.45) is 5.84 Å². The van der Waals surface area contributed by atoms with Gasteiger partial charge in [-0.1, -0.05) is 12.1 Å². The van der Waals surface area contributed by atoms with Crippen molar-refractivity contribution in [3.05, 3.63) is 53.5 Å². The number of nitrogen functional groups attached to an aromatic ring is 1. The van der Waals surface area contributed by atoms with Crippen molar-refractivity contribution in [1.82, 2.24) is 4.98 Å². The molecule has 0 unspecified atom stereocenters. The summed E-state index contributed by atoms with van der Waals surface area (Å²) in [4.78, 5) is 17.8. The van der Waals surface area contributed by atoms with E-state index in [4.69, 9.17) is 5.84 Å². The second kappa shape index (κ2) is 6.32. The van der Waals surface area contributed by atoms with Crippen molar-refractivity contribution < 1.29 is 9.18 Å². The molecule has 0 saturated heterocycles. The first-order valence-electron chi connectivity index (χ1n) is 6.58. The van der Waals surface area contributed by atoms with Crippen molar-refractivity contribution in [2.75, 3.05) is 16.9 Å². The highest BCUT2D eigenvalue weighted by Gasteiger charge is 2.21. The molecule has 3 N–H and O–H groups in total. The van der Waals surface area contributed by atoms with Gasteiger partial charge in [-0.05, 0) is 37.6 Å². The molecule has 2 rings (SSSR count). The summed E-state index contributed by atoms with van der Waals surface area (Å²) in [6, 6.07) is 8.83. The fourth-order valence-electron chi connectivity index (χ4n) is 2.09. The van der Waals surface area contributed by atoms with Crippen molar-refractivity contribution in [3.8, 4) is 0 Å². The minimum atomic E-state index is -0.754. The van der Waals surface area contributed by atoms with Crippen LogP contribution in [0.3, 0.4) is 0 Å². The predicted octanol–water partition coefficient (Wildman–Crippen LogP) is 2.48. The molecule has 1 aromatic carbocycles. The van der Waals surface area contributed by atoms with E-state index in [1.807, 2.05) is 38.1 Å². The predicted molar refractivity (Wildman–Crippen MR) is 80.5 cm³/mol. The maximum absolute atomic E-state index is 14.2. The average Bonchev–Trinajstić information content (AvgIpc) is 2.48. The summed E-state index contributed by atoms with van der Waals surface area (Å²) in [6.45, 7) is 4.20. The Kier molecular flexibility index (Phi) is 4.49. The zero-order valence-corrected chi connectivity index (χ0v) is 11.9. The van der Waals surface area contributed by atoms with Crippen molar-refractivity contribution in [2.45, 2.75) is 13.8 Å². The summed E-state index contributed by atoms with van der Waals surface area (Å²) in [5, 5.41) is 0.